The fraction of sp³-hybridized carbons (Fsp3) is 0.583. The minimum Gasteiger partial charge on any atom is -0.357 e. The molecule has 1 rings (SSSR count). The zero-order valence-electron chi connectivity index (χ0n) is 11.2. The molecule has 0 radical (unpaired) electrons. The molecule has 0 aliphatic carbocycles. The molecule has 0 saturated carbocycles. The van der Waals surface area contributed by atoms with Crippen LogP contribution >= 0.6 is 0 Å². The molecule has 0 aliphatic heterocycles. The van der Waals surface area contributed by atoms with Crippen LogP contribution in [0, 0.1) is 0 Å². The van der Waals surface area contributed by atoms with E-state index in [-0.39, 0.29) is 0 Å². The minimum absolute atomic E-state index is 0.495. The summed E-state index contributed by atoms with van der Waals surface area (Å²) < 4.78 is 24.6. The van der Waals surface area contributed by atoms with Gasteiger partial charge in [-0.15, -0.1) is 0 Å². The molecule has 1 aromatic heterocycles. The van der Waals surface area contributed by atoms with Crippen molar-refractivity contribution in [2.45, 2.75) is 26.7 Å². The smallest absolute Gasteiger partial charge is 0.229 e. The van der Waals surface area contributed by atoms with E-state index in [4.69, 9.17) is 0 Å². The Morgan fingerprint density at radius 2 is 1.83 bits per heavy atom. The standard InChI is InChI=1S/C12H21N3O2S/c1-4-8-15(9-5-2)12-7-6-11(10-13-12)14-18(3,16)17/h6-7,10,14H,4-5,8-9H2,1-3H3. The minimum atomic E-state index is -3.23. The van der Waals surface area contributed by atoms with Crippen molar-refractivity contribution < 1.29 is 8.42 Å². The van der Waals surface area contributed by atoms with Crippen LogP contribution in [-0.4, -0.2) is 32.7 Å². The molecule has 6 heteroatoms. The summed E-state index contributed by atoms with van der Waals surface area (Å²) in [5, 5.41) is 0. The molecular formula is C12H21N3O2S. The third-order valence-corrected chi connectivity index (χ3v) is 2.97. The van der Waals surface area contributed by atoms with Crippen LogP contribution in [0.3, 0.4) is 0 Å². The average Bonchev–Trinajstić information content (AvgIpc) is 2.28. The third-order valence-electron chi connectivity index (χ3n) is 2.36. The predicted octanol–water partition coefficient (Wildman–Crippen LogP) is 2.08. The summed E-state index contributed by atoms with van der Waals surface area (Å²) >= 11 is 0. The third kappa shape index (κ3) is 4.91. The fourth-order valence-corrected chi connectivity index (χ4v) is 2.28. The van der Waals surface area contributed by atoms with E-state index in [0.717, 1.165) is 38.0 Å². The molecule has 0 aliphatic rings. The van der Waals surface area contributed by atoms with Gasteiger partial charge in [0, 0.05) is 13.1 Å². The highest BCUT2D eigenvalue weighted by atomic mass is 32.2. The van der Waals surface area contributed by atoms with Crippen LogP contribution in [0.4, 0.5) is 11.5 Å². The summed E-state index contributed by atoms with van der Waals surface area (Å²) in [5.41, 5.74) is 0.495. The van der Waals surface area contributed by atoms with Gasteiger partial charge in [0.25, 0.3) is 0 Å². The zero-order chi connectivity index (χ0) is 13.6. The highest BCUT2D eigenvalue weighted by Gasteiger charge is 2.07. The maximum Gasteiger partial charge on any atom is 0.229 e. The first kappa shape index (κ1) is 14.8. The summed E-state index contributed by atoms with van der Waals surface area (Å²) in [4.78, 5) is 6.50. The number of nitrogens with zero attached hydrogens (tertiary/aromatic N) is 2. The van der Waals surface area contributed by atoms with Crippen LogP contribution < -0.4 is 9.62 Å². The Morgan fingerprint density at radius 3 is 2.22 bits per heavy atom. The molecular weight excluding hydrogens is 250 g/mol. The van der Waals surface area contributed by atoms with Gasteiger partial charge in [-0.25, -0.2) is 13.4 Å². The van der Waals surface area contributed by atoms with Crippen molar-refractivity contribution in [3.05, 3.63) is 18.3 Å². The Balaban J connectivity index is 2.79. The van der Waals surface area contributed by atoms with Crippen molar-refractivity contribution in [2.24, 2.45) is 0 Å². The number of hydrogen-bond donors (Lipinski definition) is 1. The van der Waals surface area contributed by atoms with Crippen LogP contribution in [0.1, 0.15) is 26.7 Å². The summed E-state index contributed by atoms with van der Waals surface area (Å²) in [6, 6.07) is 3.58. The lowest BCUT2D eigenvalue weighted by Gasteiger charge is -2.22. The molecule has 0 saturated heterocycles. The van der Waals surface area contributed by atoms with Gasteiger partial charge in [-0.3, -0.25) is 4.72 Å². The molecule has 1 heterocycles. The first-order valence-corrected chi connectivity index (χ1v) is 8.04. The van der Waals surface area contributed by atoms with Crippen molar-refractivity contribution in [1.82, 2.24) is 4.98 Å². The first-order chi connectivity index (χ1) is 8.46. The second kappa shape index (κ2) is 6.58. The summed E-state index contributed by atoms with van der Waals surface area (Å²) in [5.74, 6) is 0.887. The normalized spacial score (nSPS) is 11.3. The Labute approximate surface area is 109 Å². The Morgan fingerprint density at radius 1 is 1.22 bits per heavy atom. The zero-order valence-corrected chi connectivity index (χ0v) is 12.0. The van der Waals surface area contributed by atoms with Crippen LogP contribution in [0.25, 0.3) is 0 Å². The van der Waals surface area contributed by atoms with E-state index < -0.39 is 10.0 Å². The van der Waals surface area contributed by atoms with Crippen molar-refractivity contribution in [3.63, 3.8) is 0 Å². The number of hydrogen-bond acceptors (Lipinski definition) is 4. The van der Waals surface area contributed by atoms with Crippen molar-refractivity contribution >= 4 is 21.5 Å². The predicted molar refractivity (Wildman–Crippen MR) is 75.5 cm³/mol. The number of pyridine rings is 1. The average molecular weight is 271 g/mol. The quantitative estimate of drug-likeness (QED) is 0.824. The molecule has 0 fully saturated rings. The molecule has 5 nitrogen and oxygen atoms in total. The van der Waals surface area contributed by atoms with E-state index in [1.165, 1.54) is 0 Å². The summed E-state index contributed by atoms with van der Waals surface area (Å²) in [6.07, 6.45) is 4.80. The molecule has 1 aromatic rings. The van der Waals surface area contributed by atoms with Crippen LogP contribution in [0.15, 0.2) is 18.3 Å². The monoisotopic (exact) mass is 271 g/mol. The Bertz CT molecular complexity index is 451. The second-order valence-electron chi connectivity index (χ2n) is 4.27. The highest BCUT2D eigenvalue weighted by Crippen LogP contribution is 2.15. The van der Waals surface area contributed by atoms with Gasteiger partial charge in [0.05, 0.1) is 18.1 Å². The van der Waals surface area contributed by atoms with Crippen molar-refractivity contribution in [1.29, 1.82) is 0 Å². The number of aromatic nitrogens is 1. The Kier molecular flexibility index (Phi) is 5.40. The topological polar surface area (TPSA) is 62.3 Å². The largest absolute Gasteiger partial charge is 0.357 e. The van der Waals surface area contributed by atoms with Crippen LogP contribution in [-0.2, 0) is 10.0 Å². The van der Waals surface area contributed by atoms with E-state index in [1.807, 2.05) is 6.07 Å². The van der Waals surface area contributed by atoms with Crippen LogP contribution in [0.5, 0.6) is 0 Å². The van der Waals surface area contributed by atoms with Gasteiger partial charge in [0.1, 0.15) is 5.82 Å². The lowest BCUT2D eigenvalue weighted by Crippen LogP contribution is -2.25. The van der Waals surface area contributed by atoms with E-state index >= 15 is 0 Å². The molecule has 0 bridgehead atoms. The van der Waals surface area contributed by atoms with E-state index in [2.05, 4.69) is 28.5 Å². The van der Waals surface area contributed by atoms with E-state index in [9.17, 15) is 8.42 Å². The van der Waals surface area contributed by atoms with Gasteiger partial charge in [-0.2, -0.15) is 0 Å². The number of nitrogens with one attached hydrogen (secondary N) is 1. The van der Waals surface area contributed by atoms with Crippen LogP contribution in [0.2, 0.25) is 0 Å². The van der Waals surface area contributed by atoms with Gasteiger partial charge >= 0.3 is 0 Å². The number of rotatable bonds is 7. The SMILES string of the molecule is CCCN(CCC)c1ccc(NS(C)(=O)=O)cn1. The maximum absolute atomic E-state index is 11.1. The Hall–Kier alpha value is -1.30. The highest BCUT2D eigenvalue weighted by molar-refractivity contribution is 7.92. The van der Waals surface area contributed by atoms with Gasteiger partial charge < -0.3 is 4.90 Å². The number of sulfonamides is 1. The van der Waals surface area contributed by atoms with Crippen molar-refractivity contribution in [2.75, 3.05) is 29.0 Å². The lowest BCUT2D eigenvalue weighted by atomic mass is 10.3. The second-order valence-corrected chi connectivity index (χ2v) is 6.01. The van der Waals surface area contributed by atoms with Gasteiger partial charge in [-0.1, -0.05) is 13.8 Å². The molecule has 0 amide bonds. The van der Waals surface area contributed by atoms with E-state index in [0.29, 0.717) is 5.69 Å². The number of anilines is 2. The molecule has 0 atom stereocenters. The lowest BCUT2D eigenvalue weighted by molar-refractivity contribution is 0.607. The molecule has 0 unspecified atom stereocenters. The maximum atomic E-state index is 11.1. The molecule has 1 N–H and O–H groups in total. The molecule has 102 valence electrons. The summed E-state index contributed by atoms with van der Waals surface area (Å²) in [7, 11) is -3.23. The molecule has 0 aromatic carbocycles. The van der Waals surface area contributed by atoms with Gasteiger partial charge in [-0.05, 0) is 25.0 Å². The van der Waals surface area contributed by atoms with Gasteiger partial charge in [0.15, 0.2) is 0 Å². The van der Waals surface area contributed by atoms with Crippen molar-refractivity contribution in [3.8, 4) is 0 Å². The van der Waals surface area contributed by atoms with E-state index in [1.54, 1.807) is 12.3 Å². The molecule has 0 spiro atoms. The molecule has 18 heavy (non-hydrogen) atoms. The summed E-state index contributed by atoms with van der Waals surface area (Å²) in [6.45, 7) is 6.17. The first-order valence-electron chi connectivity index (χ1n) is 6.15. The fourth-order valence-electron chi connectivity index (χ4n) is 1.73. The van der Waals surface area contributed by atoms with Gasteiger partial charge in [0.2, 0.25) is 10.0 Å².